The topological polar surface area (TPSA) is 64.1 Å². The summed E-state index contributed by atoms with van der Waals surface area (Å²) in [6.07, 6.45) is 3.23. The Morgan fingerprint density at radius 2 is 1.61 bits per heavy atom. The van der Waals surface area contributed by atoms with Gasteiger partial charge in [-0.05, 0) is 48.1 Å². The van der Waals surface area contributed by atoms with Crippen LogP contribution in [0.1, 0.15) is 29.5 Å². The zero-order valence-electron chi connectivity index (χ0n) is 18.4. The van der Waals surface area contributed by atoms with Crippen LogP contribution in [0.15, 0.2) is 53.5 Å². The number of ether oxygens (including phenoxy) is 3. The van der Waals surface area contributed by atoms with E-state index in [1.807, 2.05) is 12.1 Å². The van der Waals surface area contributed by atoms with E-state index in [1.54, 1.807) is 14.2 Å². The minimum atomic E-state index is 0. The summed E-state index contributed by atoms with van der Waals surface area (Å²) < 4.78 is 16.6. The number of guanidine groups is 1. The maximum Gasteiger partial charge on any atom is 0.191 e. The molecule has 0 aliphatic carbocycles. The van der Waals surface area contributed by atoms with E-state index in [-0.39, 0.29) is 24.0 Å². The van der Waals surface area contributed by atoms with Crippen LogP contribution in [0.25, 0.3) is 0 Å². The van der Waals surface area contributed by atoms with E-state index in [2.05, 4.69) is 52.0 Å². The fraction of sp³-hybridized carbons (Fsp3) is 0.458. The Bertz CT molecular complexity index is 776. The Morgan fingerprint density at radius 3 is 2.26 bits per heavy atom. The van der Waals surface area contributed by atoms with Gasteiger partial charge in [-0.1, -0.05) is 36.4 Å². The van der Waals surface area contributed by atoms with Gasteiger partial charge >= 0.3 is 0 Å². The summed E-state index contributed by atoms with van der Waals surface area (Å²) in [5.74, 6) is 1.68. The second kappa shape index (κ2) is 14.3. The molecule has 2 N–H and O–H groups in total. The van der Waals surface area contributed by atoms with E-state index in [1.165, 1.54) is 16.7 Å². The fourth-order valence-corrected chi connectivity index (χ4v) is 3.33. The lowest BCUT2D eigenvalue weighted by molar-refractivity contribution is -0.0390. The molecule has 1 heterocycles. The summed E-state index contributed by atoms with van der Waals surface area (Å²) in [4.78, 5) is 4.30. The molecule has 0 aromatic heterocycles. The summed E-state index contributed by atoms with van der Waals surface area (Å²) in [7, 11) is 3.47. The van der Waals surface area contributed by atoms with E-state index in [9.17, 15) is 0 Å². The molecule has 0 saturated carbocycles. The standard InChI is InChI=1S/C24H33N3O3.HI/c1-25-24(26-14-11-19-7-9-22(28-2)10-8-19)27-17-20-3-5-21(6-4-20)18-30-23-12-15-29-16-13-23;/h3-10,23H,11-18H2,1-2H3,(H2,25,26,27);1H. The van der Waals surface area contributed by atoms with Crippen molar-refractivity contribution in [1.82, 2.24) is 10.6 Å². The van der Waals surface area contributed by atoms with Gasteiger partial charge in [0.2, 0.25) is 0 Å². The van der Waals surface area contributed by atoms with Crippen LogP contribution in [-0.2, 0) is 29.0 Å². The Morgan fingerprint density at radius 1 is 0.968 bits per heavy atom. The number of hydrogen-bond acceptors (Lipinski definition) is 4. The van der Waals surface area contributed by atoms with Crippen molar-refractivity contribution in [3.05, 3.63) is 65.2 Å². The summed E-state index contributed by atoms with van der Waals surface area (Å²) >= 11 is 0. The van der Waals surface area contributed by atoms with Gasteiger partial charge in [-0.3, -0.25) is 4.99 Å². The Balaban J connectivity index is 0.00000341. The van der Waals surface area contributed by atoms with Crippen molar-refractivity contribution < 1.29 is 14.2 Å². The highest BCUT2D eigenvalue weighted by Crippen LogP contribution is 2.14. The third-order valence-corrected chi connectivity index (χ3v) is 5.23. The van der Waals surface area contributed by atoms with Crippen molar-refractivity contribution in [3.8, 4) is 5.75 Å². The van der Waals surface area contributed by atoms with Crippen LogP contribution >= 0.6 is 24.0 Å². The van der Waals surface area contributed by atoms with Gasteiger partial charge < -0.3 is 24.8 Å². The van der Waals surface area contributed by atoms with Gasteiger partial charge in [0, 0.05) is 33.4 Å². The lowest BCUT2D eigenvalue weighted by atomic mass is 10.1. The van der Waals surface area contributed by atoms with Gasteiger partial charge in [0.25, 0.3) is 0 Å². The lowest BCUT2D eigenvalue weighted by Crippen LogP contribution is -2.37. The smallest absolute Gasteiger partial charge is 0.191 e. The van der Waals surface area contributed by atoms with Crippen molar-refractivity contribution in [2.75, 3.05) is 33.9 Å². The zero-order chi connectivity index (χ0) is 21.0. The molecule has 2 aromatic rings. The SMILES string of the molecule is CN=C(NCCc1ccc(OC)cc1)NCc1ccc(COC2CCOCC2)cc1.I. The monoisotopic (exact) mass is 539 g/mol. The Labute approximate surface area is 202 Å². The van der Waals surface area contributed by atoms with Crippen molar-refractivity contribution in [2.24, 2.45) is 4.99 Å². The number of hydrogen-bond donors (Lipinski definition) is 2. The van der Waals surface area contributed by atoms with Crippen LogP contribution in [0.2, 0.25) is 0 Å². The second-order valence-electron chi connectivity index (χ2n) is 7.39. The molecule has 31 heavy (non-hydrogen) atoms. The zero-order valence-corrected chi connectivity index (χ0v) is 20.8. The first-order valence-electron chi connectivity index (χ1n) is 10.6. The second-order valence-corrected chi connectivity index (χ2v) is 7.39. The number of methoxy groups -OCH3 is 1. The van der Waals surface area contributed by atoms with E-state index in [0.29, 0.717) is 12.7 Å². The molecule has 3 rings (SSSR count). The molecule has 1 aliphatic rings. The van der Waals surface area contributed by atoms with Crippen molar-refractivity contribution in [3.63, 3.8) is 0 Å². The Hall–Kier alpha value is -1.84. The largest absolute Gasteiger partial charge is 0.497 e. The average Bonchev–Trinajstić information content (AvgIpc) is 2.81. The molecule has 0 atom stereocenters. The Kier molecular flexibility index (Phi) is 11.7. The van der Waals surface area contributed by atoms with Crippen LogP contribution in [0, 0.1) is 0 Å². The molecular formula is C24H34IN3O3. The van der Waals surface area contributed by atoms with Gasteiger partial charge in [-0.15, -0.1) is 24.0 Å². The van der Waals surface area contributed by atoms with E-state index in [4.69, 9.17) is 14.2 Å². The molecule has 2 aromatic carbocycles. The highest BCUT2D eigenvalue weighted by Gasteiger charge is 2.13. The normalized spacial score (nSPS) is 14.6. The summed E-state index contributed by atoms with van der Waals surface area (Å²) in [6, 6.07) is 16.7. The van der Waals surface area contributed by atoms with Crippen molar-refractivity contribution in [1.29, 1.82) is 0 Å². The molecule has 7 heteroatoms. The van der Waals surface area contributed by atoms with E-state index >= 15 is 0 Å². The third kappa shape index (κ3) is 9.04. The van der Waals surface area contributed by atoms with Crippen LogP contribution in [0.4, 0.5) is 0 Å². The molecule has 170 valence electrons. The number of nitrogens with one attached hydrogen (secondary N) is 2. The quantitative estimate of drug-likeness (QED) is 0.288. The van der Waals surface area contributed by atoms with Gasteiger partial charge in [0.1, 0.15) is 5.75 Å². The minimum Gasteiger partial charge on any atom is -0.497 e. The molecule has 1 aliphatic heterocycles. The van der Waals surface area contributed by atoms with Crippen LogP contribution in [-0.4, -0.2) is 46.0 Å². The molecule has 6 nitrogen and oxygen atoms in total. The van der Waals surface area contributed by atoms with Crippen LogP contribution in [0.5, 0.6) is 5.75 Å². The molecule has 0 amide bonds. The molecule has 0 spiro atoms. The average molecular weight is 539 g/mol. The minimum absolute atomic E-state index is 0. The maximum atomic E-state index is 5.99. The predicted molar refractivity (Wildman–Crippen MR) is 135 cm³/mol. The molecule has 1 fully saturated rings. The van der Waals surface area contributed by atoms with Gasteiger partial charge in [-0.2, -0.15) is 0 Å². The van der Waals surface area contributed by atoms with E-state index in [0.717, 1.165) is 57.3 Å². The summed E-state index contributed by atoms with van der Waals surface area (Å²) in [5.41, 5.74) is 3.67. The molecular weight excluding hydrogens is 505 g/mol. The number of benzene rings is 2. The number of rotatable bonds is 9. The van der Waals surface area contributed by atoms with E-state index < -0.39 is 0 Å². The van der Waals surface area contributed by atoms with Crippen LogP contribution in [0.3, 0.4) is 0 Å². The van der Waals surface area contributed by atoms with Gasteiger partial charge in [-0.25, -0.2) is 0 Å². The molecule has 0 bridgehead atoms. The van der Waals surface area contributed by atoms with Gasteiger partial charge in [0.15, 0.2) is 5.96 Å². The number of nitrogens with zero attached hydrogens (tertiary/aromatic N) is 1. The first-order valence-corrected chi connectivity index (χ1v) is 10.6. The molecule has 1 saturated heterocycles. The number of halogens is 1. The maximum absolute atomic E-state index is 5.99. The summed E-state index contributed by atoms with van der Waals surface area (Å²) in [5, 5.41) is 6.73. The van der Waals surface area contributed by atoms with Crippen molar-refractivity contribution in [2.45, 2.75) is 38.5 Å². The fourth-order valence-electron chi connectivity index (χ4n) is 3.33. The van der Waals surface area contributed by atoms with Gasteiger partial charge in [0.05, 0.1) is 19.8 Å². The first kappa shape index (κ1) is 25.4. The highest BCUT2D eigenvalue weighted by molar-refractivity contribution is 14.0. The molecule has 0 radical (unpaired) electrons. The highest BCUT2D eigenvalue weighted by atomic mass is 127. The molecule has 0 unspecified atom stereocenters. The number of aliphatic imine (C=N–C) groups is 1. The third-order valence-electron chi connectivity index (χ3n) is 5.23. The van der Waals surface area contributed by atoms with Crippen LogP contribution < -0.4 is 15.4 Å². The van der Waals surface area contributed by atoms with Crippen molar-refractivity contribution >= 4 is 29.9 Å². The first-order chi connectivity index (χ1) is 14.8. The lowest BCUT2D eigenvalue weighted by Gasteiger charge is -2.22. The summed E-state index contributed by atoms with van der Waals surface area (Å²) in [6.45, 7) is 3.82. The predicted octanol–water partition coefficient (Wildman–Crippen LogP) is 3.92.